The molecule has 1 aliphatic carbocycles. The number of hydrogen-bond acceptors (Lipinski definition) is 3. The average molecular weight is 366 g/mol. The van der Waals surface area contributed by atoms with Crippen LogP contribution in [0.4, 0.5) is 11.4 Å². The number of rotatable bonds is 5. The van der Waals surface area contributed by atoms with Gasteiger partial charge in [-0.15, -0.1) is 0 Å². The molecule has 5 nitrogen and oxygen atoms in total. The quantitative estimate of drug-likeness (QED) is 0.800. The van der Waals surface area contributed by atoms with Crippen molar-refractivity contribution in [1.29, 1.82) is 0 Å². The zero-order valence-corrected chi connectivity index (χ0v) is 15.9. The molecule has 0 aromatic heterocycles. The molecule has 3 rings (SSSR count). The number of amides is 2. The molecule has 0 bridgehead atoms. The predicted octanol–water partition coefficient (Wildman–Crippen LogP) is 4.77. The van der Waals surface area contributed by atoms with Crippen molar-refractivity contribution in [2.24, 2.45) is 5.92 Å². The third-order valence-corrected chi connectivity index (χ3v) is 5.08. The molecular formula is C22H26N2O3. The number of anilines is 2. The number of carbonyl (C=O) groups is 2. The highest BCUT2D eigenvalue weighted by molar-refractivity contribution is 6.06. The molecule has 142 valence electrons. The van der Waals surface area contributed by atoms with E-state index in [4.69, 9.17) is 4.74 Å². The van der Waals surface area contributed by atoms with Gasteiger partial charge in [-0.2, -0.15) is 0 Å². The Morgan fingerprint density at radius 1 is 1.00 bits per heavy atom. The fourth-order valence-corrected chi connectivity index (χ4v) is 3.51. The first-order valence-electron chi connectivity index (χ1n) is 9.44. The summed E-state index contributed by atoms with van der Waals surface area (Å²) < 4.78 is 5.36. The average Bonchev–Trinajstić information content (AvgIpc) is 2.69. The fourth-order valence-electron chi connectivity index (χ4n) is 3.51. The van der Waals surface area contributed by atoms with Crippen molar-refractivity contribution >= 4 is 23.2 Å². The van der Waals surface area contributed by atoms with Gasteiger partial charge in [-0.25, -0.2) is 0 Å². The maximum Gasteiger partial charge on any atom is 0.256 e. The molecule has 5 heteroatoms. The van der Waals surface area contributed by atoms with Crippen molar-refractivity contribution < 1.29 is 14.3 Å². The van der Waals surface area contributed by atoms with Gasteiger partial charge in [0.25, 0.3) is 5.91 Å². The maximum absolute atomic E-state index is 12.6. The Hall–Kier alpha value is -2.82. The largest absolute Gasteiger partial charge is 0.495 e. The molecule has 0 radical (unpaired) electrons. The normalized spacial score (nSPS) is 14.4. The SMILES string of the molecule is COc1ccc(NC(=O)C2CCCCC2)cc1NC(=O)c1ccccc1C. The number of methoxy groups -OCH3 is 1. The van der Waals surface area contributed by atoms with Crippen molar-refractivity contribution in [1.82, 2.24) is 0 Å². The van der Waals surface area contributed by atoms with E-state index in [0.717, 1.165) is 31.2 Å². The highest BCUT2D eigenvalue weighted by Crippen LogP contribution is 2.30. The Labute approximate surface area is 160 Å². The first-order chi connectivity index (χ1) is 13.1. The number of hydrogen-bond donors (Lipinski definition) is 2. The van der Waals surface area contributed by atoms with Crippen molar-refractivity contribution in [3.8, 4) is 5.75 Å². The summed E-state index contributed by atoms with van der Waals surface area (Å²) >= 11 is 0. The second kappa shape index (κ2) is 8.71. The van der Waals surface area contributed by atoms with Crippen LogP contribution in [0.15, 0.2) is 42.5 Å². The maximum atomic E-state index is 12.6. The first kappa shape index (κ1) is 19.0. The molecule has 2 aromatic carbocycles. The van der Waals surface area contributed by atoms with Gasteiger partial charge in [0.1, 0.15) is 5.75 Å². The number of nitrogens with one attached hydrogen (secondary N) is 2. The van der Waals surface area contributed by atoms with E-state index in [0.29, 0.717) is 22.7 Å². The minimum Gasteiger partial charge on any atom is -0.495 e. The summed E-state index contributed by atoms with van der Waals surface area (Å²) in [6.07, 6.45) is 5.32. The van der Waals surface area contributed by atoms with Crippen molar-refractivity contribution in [3.05, 3.63) is 53.6 Å². The van der Waals surface area contributed by atoms with Gasteiger partial charge in [-0.1, -0.05) is 37.5 Å². The standard InChI is InChI=1S/C22H26N2O3/c1-15-8-6-7-11-18(15)22(26)24-19-14-17(12-13-20(19)27-2)23-21(25)16-9-4-3-5-10-16/h6-8,11-14,16H,3-5,9-10H2,1-2H3,(H,23,25)(H,24,26). The molecule has 0 unspecified atom stereocenters. The van der Waals surface area contributed by atoms with Crippen LogP contribution in [0.5, 0.6) is 5.75 Å². The number of aryl methyl sites for hydroxylation is 1. The molecule has 2 amide bonds. The van der Waals surface area contributed by atoms with Gasteiger partial charge >= 0.3 is 0 Å². The Morgan fingerprint density at radius 3 is 2.44 bits per heavy atom. The lowest BCUT2D eigenvalue weighted by Crippen LogP contribution is -2.24. The number of benzene rings is 2. The molecule has 1 aliphatic rings. The lowest BCUT2D eigenvalue weighted by atomic mass is 9.88. The van der Waals surface area contributed by atoms with Gasteiger partial charge in [-0.3, -0.25) is 9.59 Å². The van der Waals surface area contributed by atoms with Gasteiger partial charge in [0.2, 0.25) is 5.91 Å². The Kier molecular flexibility index (Phi) is 6.12. The van der Waals surface area contributed by atoms with Crippen LogP contribution >= 0.6 is 0 Å². The third-order valence-electron chi connectivity index (χ3n) is 5.08. The van der Waals surface area contributed by atoms with E-state index in [1.165, 1.54) is 6.42 Å². The Morgan fingerprint density at radius 2 is 1.74 bits per heavy atom. The summed E-state index contributed by atoms with van der Waals surface area (Å²) in [7, 11) is 1.55. The summed E-state index contributed by atoms with van der Waals surface area (Å²) in [5.74, 6) is 0.469. The molecule has 1 fully saturated rings. The van der Waals surface area contributed by atoms with Crippen LogP contribution < -0.4 is 15.4 Å². The van der Waals surface area contributed by atoms with Crippen LogP contribution in [-0.4, -0.2) is 18.9 Å². The zero-order valence-electron chi connectivity index (χ0n) is 15.9. The van der Waals surface area contributed by atoms with Crippen LogP contribution in [0.3, 0.4) is 0 Å². The zero-order chi connectivity index (χ0) is 19.2. The minimum absolute atomic E-state index is 0.0519. The van der Waals surface area contributed by atoms with Crippen molar-refractivity contribution in [2.75, 3.05) is 17.7 Å². The molecule has 0 aliphatic heterocycles. The summed E-state index contributed by atoms with van der Waals surface area (Å²) in [4.78, 5) is 25.1. The highest BCUT2D eigenvalue weighted by Gasteiger charge is 2.21. The lowest BCUT2D eigenvalue weighted by Gasteiger charge is -2.21. The fraction of sp³-hybridized carbons (Fsp3) is 0.364. The summed E-state index contributed by atoms with van der Waals surface area (Å²) in [6, 6.07) is 12.7. The molecule has 2 N–H and O–H groups in total. The van der Waals surface area contributed by atoms with Crippen LogP contribution in [0.2, 0.25) is 0 Å². The molecule has 0 saturated heterocycles. The van der Waals surface area contributed by atoms with E-state index >= 15 is 0 Å². The van der Waals surface area contributed by atoms with E-state index in [1.54, 1.807) is 31.4 Å². The van der Waals surface area contributed by atoms with Gasteiger partial charge in [-0.05, 0) is 49.6 Å². The Bertz CT molecular complexity index is 826. The van der Waals surface area contributed by atoms with Crippen LogP contribution in [0, 0.1) is 12.8 Å². The second-order valence-electron chi connectivity index (χ2n) is 7.01. The molecule has 1 saturated carbocycles. The van der Waals surface area contributed by atoms with E-state index < -0.39 is 0 Å². The van der Waals surface area contributed by atoms with E-state index in [1.807, 2.05) is 25.1 Å². The first-order valence-corrected chi connectivity index (χ1v) is 9.44. The van der Waals surface area contributed by atoms with E-state index in [-0.39, 0.29) is 17.7 Å². The number of carbonyl (C=O) groups excluding carboxylic acids is 2. The molecule has 0 spiro atoms. The molecule has 27 heavy (non-hydrogen) atoms. The molecular weight excluding hydrogens is 340 g/mol. The topological polar surface area (TPSA) is 67.4 Å². The summed E-state index contributed by atoms with van der Waals surface area (Å²) in [5.41, 5.74) is 2.70. The monoisotopic (exact) mass is 366 g/mol. The van der Waals surface area contributed by atoms with Crippen LogP contribution in [-0.2, 0) is 4.79 Å². The summed E-state index contributed by atoms with van der Waals surface area (Å²) in [6.45, 7) is 1.90. The van der Waals surface area contributed by atoms with Crippen LogP contribution in [0.1, 0.15) is 48.0 Å². The van der Waals surface area contributed by atoms with E-state index in [9.17, 15) is 9.59 Å². The number of ether oxygens (including phenoxy) is 1. The van der Waals surface area contributed by atoms with Crippen molar-refractivity contribution in [3.63, 3.8) is 0 Å². The third kappa shape index (κ3) is 4.67. The van der Waals surface area contributed by atoms with Crippen molar-refractivity contribution in [2.45, 2.75) is 39.0 Å². The Balaban J connectivity index is 1.76. The highest BCUT2D eigenvalue weighted by atomic mass is 16.5. The van der Waals surface area contributed by atoms with Gasteiger partial charge < -0.3 is 15.4 Å². The predicted molar refractivity (Wildman–Crippen MR) is 107 cm³/mol. The van der Waals surface area contributed by atoms with E-state index in [2.05, 4.69) is 10.6 Å². The van der Waals surface area contributed by atoms with Gasteiger partial charge in [0.15, 0.2) is 0 Å². The molecule has 0 atom stereocenters. The minimum atomic E-state index is -0.206. The molecule has 0 heterocycles. The lowest BCUT2D eigenvalue weighted by molar-refractivity contribution is -0.120. The summed E-state index contributed by atoms with van der Waals surface area (Å²) in [5, 5.41) is 5.88. The second-order valence-corrected chi connectivity index (χ2v) is 7.01. The smallest absolute Gasteiger partial charge is 0.256 e. The van der Waals surface area contributed by atoms with Gasteiger partial charge in [0.05, 0.1) is 12.8 Å². The van der Waals surface area contributed by atoms with Gasteiger partial charge in [0, 0.05) is 17.2 Å². The molecule has 2 aromatic rings. The van der Waals surface area contributed by atoms with Crippen LogP contribution in [0.25, 0.3) is 0 Å².